The Morgan fingerprint density at radius 1 is 1.61 bits per heavy atom. The van der Waals surface area contributed by atoms with Crippen LogP contribution in [0.25, 0.3) is 6.08 Å². The van der Waals surface area contributed by atoms with Crippen LogP contribution >= 0.6 is 0 Å². The van der Waals surface area contributed by atoms with Crippen LogP contribution in [0.4, 0.5) is 5.82 Å². The van der Waals surface area contributed by atoms with Gasteiger partial charge in [0.15, 0.2) is 5.82 Å². The number of nitrogens with one attached hydrogen (secondary N) is 2. The van der Waals surface area contributed by atoms with Gasteiger partial charge in [0.25, 0.3) is 0 Å². The average Bonchev–Trinajstić information content (AvgIpc) is 2.96. The molecule has 18 heavy (non-hydrogen) atoms. The van der Waals surface area contributed by atoms with Gasteiger partial charge in [-0.3, -0.25) is 14.6 Å². The number of aromatic amines is 1. The lowest BCUT2D eigenvalue weighted by Gasteiger charge is -1.96. The number of carbonyl (C=O) groups excluding carboxylic acids is 1. The first-order valence-corrected chi connectivity index (χ1v) is 5.70. The Kier molecular flexibility index (Phi) is 3.57. The molecule has 0 bridgehead atoms. The molecule has 6 heteroatoms. The highest BCUT2D eigenvalue weighted by atomic mass is 16.1. The molecule has 2 aromatic rings. The Morgan fingerprint density at radius 2 is 2.44 bits per heavy atom. The van der Waals surface area contributed by atoms with Gasteiger partial charge in [-0.05, 0) is 18.6 Å². The molecular formula is C12H15N5O. The maximum atomic E-state index is 11.6. The van der Waals surface area contributed by atoms with Gasteiger partial charge in [0.05, 0.1) is 5.69 Å². The van der Waals surface area contributed by atoms with E-state index in [1.807, 2.05) is 26.1 Å². The zero-order valence-electron chi connectivity index (χ0n) is 10.3. The van der Waals surface area contributed by atoms with Crippen LogP contribution < -0.4 is 5.32 Å². The van der Waals surface area contributed by atoms with Crippen molar-refractivity contribution in [2.75, 3.05) is 5.32 Å². The van der Waals surface area contributed by atoms with Crippen molar-refractivity contribution < 1.29 is 4.79 Å². The fourth-order valence-electron chi connectivity index (χ4n) is 1.48. The number of aromatic nitrogens is 4. The summed E-state index contributed by atoms with van der Waals surface area (Å²) >= 11 is 0. The summed E-state index contributed by atoms with van der Waals surface area (Å²) in [6, 6.07) is 3.64. The largest absolute Gasteiger partial charge is 0.306 e. The van der Waals surface area contributed by atoms with E-state index in [2.05, 4.69) is 20.6 Å². The molecular weight excluding hydrogens is 230 g/mol. The molecule has 2 rings (SSSR count). The van der Waals surface area contributed by atoms with Crippen LogP contribution in [0.5, 0.6) is 0 Å². The summed E-state index contributed by atoms with van der Waals surface area (Å²) in [5.74, 6) is 0.317. The minimum atomic E-state index is -0.217. The lowest BCUT2D eigenvalue weighted by Crippen LogP contribution is -2.08. The molecule has 0 aliphatic heterocycles. The quantitative estimate of drug-likeness (QED) is 0.798. The highest BCUT2D eigenvalue weighted by molar-refractivity contribution is 6.01. The predicted octanol–water partition coefficient (Wildman–Crippen LogP) is 1.36. The summed E-state index contributed by atoms with van der Waals surface area (Å²) < 4.78 is 1.69. The van der Waals surface area contributed by atoms with Gasteiger partial charge in [-0.15, -0.1) is 0 Å². The van der Waals surface area contributed by atoms with E-state index in [-0.39, 0.29) is 5.91 Å². The molecule has 0 unspecified atom stereocenters. The Bertz CT molecular complexity index is 567. The molecule has 0 radical (unpaired) electrons. The number of rotatable bonds is 4. The summed E-state index contributed by atoms with van der Waals surface area (Å²) in [5.41, 5.74) is 1.85. The minimum absolute atomic E-state index is 0.217. The first-order chi connectivity index (χ1) is 8.69. The Labute approximate surface area is 105 Å². The van der Waals surface area contributed by atoms with Gasteiger partial charge in [-0.25, -0.2) is 0 Å². The number of amides is 1. The number of carbonyl (C=O) groups is 1. The van der Waals surface area contributed by atoms with Gasteiger partial charge in [0, 0.05) is 31.1 Å². The van der Waals surface area contributed by atoms with Crippen molar-refractivity contribution in [2.24, 2.45) is 7.05 Å². The average molecular weight is 245 g/mol. The summed E-state index contributed by atoms with van der Waals surface area (Å²) in [4.78, 5) is 11.6. The van der Waals surface area contributed by atoms with Crippen molar-refractivity contribution in [3.8, 4) is 0 Å². The van der Waals surface area contributed by atoms with Gasteiger partial charge in [-0.1, -0.05) is 6.92 Å². The van der Waals surface area contributed by atoms with Crippen molar-refractivity contribution in [1.29, 1.82) is 0 Å². The second-order valence-corrected chi connectivity index (χ2v) is 3.83. The van der Waals surface area contributed by atoms with Crippen LogP contribution in [0.15, 0.2) is 24.4 Å². The SMILES string of the molecule is CCc1cc(NC(=O)/C=C/c2ccnn2C)n[nH]1. The van der Waals surface area contributed by atoms with Crippen LogP contribution in [0.1, 0.15) is 18.3 Å². The molecule has 94 valence electrons. The topological polar surface area (TPSA) is 75.6 Å². The monoisotopic (exact) mass is 245 g/mol. The fraction of sp³-hybridized carbons (Fsp3) is 0.250. The minimum Gasteiger partial charge on any atom is -0.306 e. The molecule has 2 heterocycles. The smallest absolute Gasteiger partial charge is 0.249 e. The molecule has 6 nitrogen and oxygen atoms in total. The van der Waals surface area contributed by atoms with E-state index in [1.165, 1.54) is 6.08 Å². The molecule has 0 atom stereocenters. The normalized spacial score (nSPS) is 11.0. The van der Waals surface area contributed by atoms with Crippen LogP contribution in [0.3, 0.4) is 0 Å². The van der Waals surface area contributed by atoms with Gasteiger partial charge < -0.3 is 5.32 Å². The van der Waals surface area contributed by atoms with Crippen molar-refractivity contribution in [2.45, 2.75) is 13.3 Å². The maximum Gasteiger partial charge on any atom is 0.249 e. The number of aryl methyl sites for hydroxylation is 2. The van der Waals surface area contributed by atoms with Crippen molar-refractivity contribution in [1.82, 2.24) is 20.0 Å². The number of H-pyrrole nitrogens is 1. The summed E-state index contributed by atoms with van der Waals surface area (Å²) in [7, 11) is 1.82. The second-order valence-electron chi connectivity index (χ2n) is 3.83. The zero-order chi connectivity index (χ0) is 13.0. The number of hydrogen-bond donors (Lipinski definition) is 2. The van der Waals surface area contributed by atoms with E-state index >= 15 is 0 Å². The van der Waals surface area contributed by atoms with Crippen LogP contribution in [-0.4, -0.2) is 25.9 Å². The third-order valence-corrected chi connectivity index (χ3v) is 2.53. The lowest BCUT2D eigenvalue weighted by molar-refractivity contribution is -0.111. The molecule has 1 amide bonds. The molecule has 2 aromatic heterocycles. The van der Waals surface area contributed by atoms with E-state index in [1.54, 1.807) is 17.0 Å². The number of hydrogen-bond acceptors (Lipinski definition) is 3. The molecule has 0 spiro atoms. The fourth-order valence-corrected chi connectivity index (χ4v) is 1.48. The molecule has 0 saturated carbocycles. The maximum absolute atomic E-state index is 11.6. The van der Waals surface area contributed by atoms with Gasteiger partial charge >= 0.3 is 0 Å². The Hall–Kier alpha value is -2.37. The standard InChI is InChI=1S/C12H15N5O/c1-3-9-8-11(16-15-9)14-12(18)5-4-10-6-7-13-17(10)2/h4-8H,3H2,1-2H3,(H2,14,15,16,18)/b5-4+. The van der Waals surface area contributed by atoms with E-state index in [4.69, 9.17) is 0 Å². The van der Waals surface area contributed by atoms with Crippen LogP contribution in [0, 0.1) is 0 Å². The van der Waals surface area contributed by atoms with Gasteiger partial charge in [-0.2, -0.15) is 10.2 Å². The van der Waals surface area contributed by atoms with Crippen LogP contribution in [-0.2, 0) is 18.3 Å². The van der Waals surface area contributed by atoms with E-state index < -0.39 is 0 Å². The Balaban J connectivity index is 1.96. The van der Waals surface area contributed by atoms with Crippen molar-refractivity contribution in [3.63, 3.8) is 0 Å². The van der Waals surface area contributed by atoms with E-state index in [0.717, 1.165) is 17.8 Å². The lowest BCUT2D eigenvalue weighted by atomic mass is 10.3. The van der Waals surface area contributed by atoms with Crippen molar-refractivity contribution in [3.05, 3.63) is 35.8 Å². The summed E-state index contributed by atoms with van der Waals surface area (Å²) in [5, 5.41) is 13.5. The van der Waals surface area contributed by atoms with Gasteiger partial charge in [0.2, 0.25) is 5.91 Å². The number of anilines is 1. The number of nitrogens with zero attached hydrogens (tertiary/aromatic N) is 3. The summed E-state index contributed by atoms with van der Waals surface area (Å²) in [6.45, 7) is 2.02. The zero-order valence-corrected chi connectivity index (χ0v) is 10.3. The third-order valence-electron chi connectivity index (χ3n) is 2.53. The van der Waals surface area contributed by atoms with E-state index in [0.29, 0.717) is 5.82 Å². The van der Waals surface area contributed by atoms with E-state index in [9.17, 15) is 4.79 Å². The van der Waals surface area contributed by atoms with Crippen molar-refractivity contribution >= 4 is 17.8 Å². The van der Waals surface area contributed by atoms with Crippen LogP contribution in [0.2, 0.25) is 0 Å². The highest BCUT2D eigenvalue weighted by Crippen LogP contribution is 2.06. The highest BCUT2D eigenvalue weighted by Gasteiger charge is 2.02. The third kappa shape index (κ3) is 2.85. The molecule has 0 aliphatic rings. The first-order valence-electron chi connectivity index (χ1n) is 5.70. The molecule has 0 aromatic carbocycles. The van der Waals surface area contributed by atoms with Gasteiger partial charge in [0.1, 0.15) is 0 Å². The second kappa shape index (κ2) is 5.31. The Morgan fingerprint density at radius 3 is 3.06 bits per heavy atom. The predicted molar refractivity (Wildman–Crippen MR) is 68.8 cm³/mol. The molecule has 0 fully saturated rings. The molecule has 0 aliphatic carbocycles. The first kappa shape index (κ1) is 12.1. The molecule has 2 N–H and O–H groups in total. The summed E-state index contributed by atoms with van der Waals surface area (Å²) in [6.07, 6.45) is 5.69. The molecule has 0 saturated heterocycles.